The number of aliphatic hydroxyl groups is 2. The molecule has 3 aromatic rings. The fourth-order valence-electron chi connectivity index (χ4n) is 5.99. The molecule has 2 heterocycles. The van der Waals surface area contributed by atoms with E-state index in [2.05, 4.69) is 50.0 Å². The van der Waals surface area contributed by atoms with Crippen LogP contribution >= 0.6 is 0 Å². The Hall–Kier alpha value is -2.82. The zero-order chi connectivity index (χ0) is 29.6. The minimum Gasteiger partial charge on any atom is -0.402 e. The summed E-state index contributed by atoms with van der Waals surface area (Å²) in [4.78, 5) is 27.3. The number of hydrogen-bond acceptors (Lipinski definition) is 6. The summed E-state index contributed by atoms with van der Waals surface area (Å²) < 4.78 is 15.3. The van der Waals surface area contributed by atoms with Gasteiger partial charge in [-0.3, -0.25) is 14.3 Å². The quantitative estimate of drug-likeness (QED) is 0.224. The van der Waals surface area contributed by atoms with Gasteiger partial charge in [0.05, 0.1) is 12.2 Å². The van der Waals surface area contributed by atoms with Gasteiger partial charge >= 0.3 is 5.69 Å². The van der Waals surface area contributed by atoms with Crippen LogP contribution in [0.15, 0.2) is 76.4 Å². The van der Waals surface area contributed by atoms with Gasteiger partial charge in [-0.25, -0.2) is 4.79 Å². The summed E-state index contributed by atoms with van der Waals surface area (Å²) in [7, 11) is -2.98. The minimum atomic E-state index is -2.98. The maximum Gasteiger partial charge on any atom is 0.330 e. The van der Waals surface area contributed by atoms with E-state index < -0.39 is 44.1 Å². The lowest BCUT2D eigenvalue weighted by molar-refractivity contribution is -0.0833. The van der Waals surface area contributed by atoms with Crippen molar-refractivity contribution in [2.75, 3.05) is 6.61 Å². The smallest absolute Gasteiger partial charge is 0.330 e. The molecule has 9 heteroatoms. The Morgan fingerprint density at radius 3 is 2.15 bits per heavy atom. The molecule has 3 N–H and O–H groups in total. The lowest BCUT2D eigenvalue weighted by Gasteiger charge is -2.45. The maximum atomic E-state index is 12.8. The molecule has 2 aromatic carbocycles. The van der Waals surface area contributed by atoms with Gasteiger partial charge in [-0.05, 0) is 35.2 Å². The fourth-order valence-corrected chi connectivity index (χ4v) is 10.7. The molecule has 1 aromatic heterocycles. The van der Waals surface area contributed by atoms with Gasteiger partial charge in [0.2, 0.25) is 0 Å². The van der Waals surface area contributed by atoms with E-state index in [0.717, 1.165) is 36.1 Å². The van der Waals surface area contributed by atoms with Crippen LogP contribution in [0, 0.1) is 6.92 Å². The van der Waals surface area contributed by atoms with E-state index >= 15 is 0 Å². The number of rotatable bonds is 12. The Kier molecular flexibility index (Phi) is 10.2. The molecule has 0 radical (unpaired) electrons. The molecular weight excluding hydrogens is 536 g/mol. The monoisotopic (exact) mass is 580 g/mol. The van der Waals surface area contributed by atoms with Gasteiger partial charge in [0, 0.05) is 24.8 Å². The van der Waals surface area contributed by atoms with Crippen LogP contribution in [0.5, 0.6) is 0 Å². The molecule has 0 amide bonds. The molecule has 1 fully saturated rings. The third kappa shape index (κ3) is 6.81. The van der Waals surface area contributed by atoms with Crippen LogP contribution in [0.25, 0.3) is 0 Å². The Bertz CT molecular complexity index is 1330. The van der Waals surface area contributed by atoms with E-state index in [1.807, 2.05) is 36.4 Å². The van der Waals surface area contributed by atoms with Crippen molar-refractivity contribution in [2.24, 2.45) is 0 Å². The number of H-pyrrole nitrogens is 1. The van der Waals surface area contributed by atoms with Crippen molar-refractivity contribution in [3.8, 4) is 0 Å². The van der Waals surface area contributed by atoms with Crippen LogP contribution in [0.1, 0.15) is 71.1 Å². The number of benzene rings is 2. The van der Waals surface area contributed by atoms with E-state index in [1.54, 1.807) is 6.92 Å². The van der Waals surface area contributed by atoms with E-state index in [0.29, 0.717) is 18.4 Å². The van der Waals surface area contributed by atoms with E-state index in [4.69, 9.17) is 14.3 Å². The van der Waals surface area contributed by atoms with Crippen LogP contribution < -0.4 is 21.6 Å². The Labute approximate surface area is 243 Å². The average Bonchev–Trinajstić information content (AvgIpc) is 3.37. The molecule has 8 nitrogen and oxygen atoms in total. The molecule has 4 atom stereocenters. The predicted molar refractivity (Wildman–Crippen MR) is 163 cm³/mol. The highest BCUT2D eigenvalue weighted by Crippen LogP contribution is 2.42. The topological polar surface area (TPSA) is 114 Å². The summed E-state index contributed by atoms with van der Waals surface area (Å²) in [6, 6.07) is 20.6. The molecule has 41 heavy (non-hydrogen) atoms. The summed E-state index contributed by atoms with van der Waals surface area (Å²) >= 11 is 0. The highest BCUT2D eigenvalue weighted by atomic mass is 28.4. The van der Waals surface area contributed by atoms with Crippen LogP contribution in [-0.2, 0) is 9.16 Å². The van der Waals surface area contributed by atoms with Crippen molar-refractivity contribution in [2.45, 2.75) is 95.8 Å². The summed E-state index contributed by atoms with van der Waals surface area (Å²) in [6.07, 6.45) is 3.03. The first kappa shape index (κ1) is 31.1. The lowest BCUT2D eigenvalue weighted by atomic mass is 10.0. The van der Waals surface area contributed by atoms with E-state index in [9.17, 15) is 14.7 Å². The largest absolute Gasteiger partial charge is 0.402 e. The number of hydrogen-bond donors (Lipinski definition) is 3. The number of nitrogens with zero attached hydrogens (tertiary/aromatic N) is 1. The zero-order valence-electron chi connectivity index (χ0n) is 24.6. The van der Waals surface area contributed by atoms with Crippen molar-refractivity contribution in [3.63, 3.8) is 0 Å². The standard InChI is InChI=1S/C32H44N2O6Si/c1-23-22-34(31(38)33-30(23)37)28-21-27(29(39-28)26(36)19-13-5-6-14-20-35)40-41(32(2,3)4,24-15-9-7-10-16-24)25-17-11-8-12-18-25/h7-12,15-18,22,26-29,35-36H,5-6,13-14,19-21H2,1-4H3,(H,33,37,38)/t26-,27-,28+,29+/m0/s1. The van der Waals surface area contributed by atoms with Gasteiger partial charge in [-0.15, -0.1) is 0 Å². The lowest BCUT2D eigenvalue weighted by Crippen LogP contribution is -2.68. The summed E-state index contributed by atoms with van der Waals surface area (Å²) in [5.41, 5.74) is -0.566. The van der Waals surface area contributed by atoms with Crippen molar-refractivity contribution in [1.29, 1.82) is 0 Å². The first-order valence-corrected chi connectivity index (χ1v) is 16.5. The Balaban J connectivity index is 1.76. The first-order valence-electron chi connectivity index (χ1n) is 14.6. The normalized spacial score (nSPS) is 20.3. The van der Waals surface area contributed by atoms with Gasteiger partial charge in [0.25, 0.3) is 13.9 Å². The van der Waals surface area contributed by atoms with Gasteiger partial charge in [0.1, 0.15) is 12.3 Å². The molecule has 0 aliphatic carbocycles. The van der Waals surface area contributed by atoms with Gasteiger partial charge < -0.3 is 19.4 Å². The Morgan fingerprint density at radius 2 is 1.59 bits per heavy atom. The van der Waals surface area contributed by atoms with Crippen LogP contribution in [0.3, 0.4) is 0 Å². The summed E-state index contributed by atoms with van der Waals surface area (Å²) in [5, 5.41) is 22.5. The summed E-state index contributed by atoms with van der Waals surface area (Å²) in [5.74, 6) is 0. The van der Waals surface area contributed by atoms with Crippen molar-refractivity contribution in [1.82, 2.24) is 9.55 Å². The second-order valence-electron chi connectivity index (χ2n) is 12.1. The molecule has 1 aliphatic heterocycles. The highest BCUT2D eigenvalue weighted by Gasteiger charge is 2.54. The molecule has 222 valence electrons. The number of aryl methyl sites for hydroxylation is 1. The molecule has 1 aliphatic rings. The van der Waals surface area contributed by atoms with E-state index in [-0.39, 0.29) is 11.6 Å². The maximum absolute atomic E-state index is 12.8. The highest BCUT2D eigenvalue weighted by molar-refractivity contribution is 6.99. The Morgan fingerprint density at radius 1 is 1.00 bits per heavy atom. The molecule has 0 spiro atoms. The van der Waals surface area contributed by atoms with Gasteiger partial charge in [0.15, 0.2) is 0 Å². The summed E-state index contributed by atoms with van der Waals surface area (Å²) in [6.45, 7) is 8.43. The predicted octanol–water partition coefficient (Wildman–Crippen LogP) is 3.38. The van der Waals surface area contributed by atoms with Crippen molar-refractivity contribution < 1.29 is 19.4 Å². The molecule has 0 unspecified atom stereocenters. The van der Waals surface area contributed by atoms with E-state index in [1.165, 1.54) is 10.8 Å². The number of aromatic amines is 1. The van der Waals surface area contributed by atoms with Crippen LogP contribution in [0.4, 0.5) is 0 Å². The number of aliphatic hydroxyl groups excluding tert-OH is 2. The zero-order valence-corrected chi connectivity index (χ0v) is 25.6. The molecule has 4 rings (SSSR count). The SMILES string of the molecule is Cc1cn([C@H]2C[C@H](O[Si](c3ccccc3)(c3ccccc3)C(C)(C)C)[C@@H]([C@@H](O)CCCCCCO)O2)c(=O)[nH]c1=O. The number of aromatic nitrogens is 2. The number of ether oxygens (including phenoxy) is 1. The number of nitrogens with one attached hydrogen (secondary N) is 1. The number of unbranched alkanes of at least 4 members (excludes halogenated alkanes) is 3. The minimum absolute atomic E-state index is 0.164. The second kappa shape index (κ2) is 13.4. The third-order valence-corrected chi connectivity index (χ3v) is 13.2. The molecule has 0 saturated carbocycles. The third-order valence-electron chi connectivity index (χ3n) is 8.10. The van der Waals surface area contributed by atoms with Crippen LogP contribution in [-0.4, -0.2) is 53.0 Å². The molecule has 1 saturated heterocycles. The first-order chi connectivity index (χ1) is 19.6. The average molecular weight is 581 g/mol. The van der Waals surface area contributed by atoms with Crippen molar-refractivity contribution >= 4 is 18.7 Å². The van der Waals surface area contributed by atoms with Gasteiger partial charge in [-0.1, -0.05) is 101 Å². The van der Waals surface area contributed by atoms with Crippen molar-refractivity contribution in [3.05, 3.63) is 93.3 Å². The van der Waals surface area contributed by atoms with Gasteiger partial charge in [-0.2, -0.15) is 0 Å². The molecular formula is C32H44N2O6Si. The molecule has 0 bridgehead atoms. The van der Waals surface area contributed by atoms with Crippen LogP contribution in [0.2, 0.25) is 5.04 Å². The second-order valence-corrected chi connectivity index (χ2v) is 16.3. The fraction of sp³-hybridized carbons (Fsp3) is 0.500.